The smallest absolute Gasteiger partial charge is 0.238 e. The van der Waals surface area contributed by atoms with Crippen molar-refractivity contribution in [2.45, 2.75) is 45.3 Å². The Morgan fingerprint density at radius 2 is 1.59 bits per heavy atom. The summed E-state index contributed by atoms with van der Waals surface area (Å²) in [4.78, 5) is 28.1. The number of benzene rings is 1. The lowest BCUT2D eigenvalue weighted by molar-refractivity contribution is -0.123. The molecule has 4 aliphatic rings. The first kappa shape index (κ1) is 19.3. The van der Waals surface area contributed by atoms with Crippen LogP contribution in [0.15, 0.2) is 42.5 Å². The van der Waals surface area contributed by atoms with Crippen LogP contribution in [0.5, 0.6) is 0 Å². The molecule has 154 valence electrons. The summed E-state index contributed by atoms with van der Waals surface area (Å²) in [5.41, 5.74) is 0.796. The molecule has 0 radical (unpaired) electrons. The van der Waals surface area contributed by atoms with E-state index in [0.717, 1.165) is 13.0 Å². The Kier molecular flexibility index (Phi) is 3.93. The maximum absolute atomic E-state index is 13.3. The minimum atomic E-state index is -1.79. The van der Waals surface area contributed by atoms with E-state index in [4.69, 9.17) is 4.43 Å². The normalized spacial score (nSPS) is 37.7. The Morgan fingerprint density at radius 1 is 1.03 bits per heavy atom. The zero-order valence-electron chi connectivity index (χ0n) is 18.0. The summed E-state index contributed by atoms with van der Waals surface area (Å²) >= 11 is 0. The van der Waals surface area contributed by atoms with E-state index in [2.05, 4.69) is 46.0 Å². The van der Waals surface area contributed by atoms with Crippen LogP contribution >= 0.6 is 0 Å². The Labute approximate surface area is 174 Å². The van der Waals surface area contributed by atoms with Gasteiger partial charge < -0.3 is 4.43 Å². The zero-order chi connectivity index (χ0) is 20.8. The number of anilines is 1. The number of amides is 2. The van der Waals surface area contributed by atoms with E-state index in [1.165, 1.54) is 4.90 Å². The van der Waals surface area contributed by atoms with E-state index < -0.39 is 8.32 Å². The molecule has 3 aliphatic carbocycles. The van der Waals surface area contributed by atoms with E-state index >= 15 is 0 Å². The van der Waals surface area contributed by atoms with Crippen molar-refractivity contribution in [2.75, 3.05) is 11.5 Å². The molecule has 3 fully saturated rings. The minimum absolute atomic E-state index is 0.00149. The van der Waals surface area contributed by atoms with Gasteiger partial charge in [0.2, 0.25) is 11.8 Å². The van der Waals surface area contributed by atoms with Crippen LogP contribution < -0.4 is 4.90 Å². The quantitative estimate of drug-likeness (QED) is 0.414. The maximum Gasteiger partial charge on any atom is 0.238 e. The highest BCUT2D eigenvalue weighted by Gasteiger charge is 2.77. The fraction of sp³-hybridized carbons (Fsp3) is 0.583. The number of fused-ring (bicyclic) bond motifs is 3. The molecule has 0 N–H and O–H groups in total. The number of imide groups is 1. The molecule has 1 saturated heterocycles. The Hall–Kier alpha value is -1.72. The molecule has 5 heteroatoms. The lowest BCUT2D eigenvalue weighted by Crippen LogP contribution is -2.41. The number of allylic oxidation sites excluding steroid dienone is 2. The van der Waals surface area contributed by atoms with Crippen LogP contribution in [0.4, 0.5) is 5.69 Å². The van der Waals surface area contributed by atoms with E-state index in [9.17, 15) is 9.59 Å². The first-order chi connectivity index (χ1) is 13.6. The van der Waals surface area contributed by atoms with E-state index in [1.807, 2.05) is 30.3 Å². The predicted octanol–water partition coefficient (Wildman–Crippen LogP) is 4.64. The van der Waals surface area contributed by atoms with Gasteiger partial charge in [-0.25, -0.2) is 0 Å². The van der Waals surface area contributed by atoms with Crippen molar-refractivity contribution in [3.63, 3.8) is 0 Å². The highest BCUT2D eigenvalue weighted by Crippen LogP contribution is 2.76. The molecule has 2 saturated carbocycles. The molecule has 6 atom stereocenters. The molecule has 1 unspecified atom stereocenters. The van der Waals surface area contributed by atoms with Gasteiger partial charge in [-0.15, -0.1) is 0 Å². The molecule has 5 rings (SSSR count). The van der Waals surface area contributed by atoms with Gasteiger partial charge in [0.05, 0.1) is 17.5 Å². The van der Waals surface area contributed by atoms with Crippen molar-refractivity contribution in [1.29, 1.82) is 0 Å². The highest BCUT2D eigenvalue weighted by molar-refractivity contribution is 6.74. The molecule has 2 bridgehead atoms. The molecule has 4 nitrogen and oxygen atoms in total. The molecule has 0 aromatic heterocycles. The molecule has 29 heavy (non-hydrogen) atoms. The molecular weight excluding hydrogens is 378 g/mol. The van der Waals surface area contributed by atoms with Crippen molar-refractivity contribution in [3.05, 3.63) is 42.5 Å². The summed E-state index contributed by atoms with van der Waals surface area (Å²) in [6.07, 6.45) is 5.55. The average molecular weight is 410 g/mol. The second kappa shape index (κ2) is 5.91. The lowest BCUT2D eigenvalue weighted by atomic mass is 9.85. The SMILES string of the molecule is CC(C)(C)[Si](C)(C)OC[C@H]1CC12[C@@H]1C=C[C@H]2[C@H]2C(=O)N(c3ccccc3)C(=O)[C@H]21. The third-order valence-corrected chi connectivity index (χ3v) is 13.1. The second-order valence-electron chi connectivity index (χ2n) is 10.9. The van der Waals surface area contributed by atoms with E-state index in [-0.39, 0.29) is 45.9 Å². The number of para-hydroxylation sites is 1. The topological polar surface area (TPSA) is 46.6 Å². The largest absolute Gasteiger partial charge is 0.417 e. The van der Waals surface area contributed by atoms with Crippen LogP contribution in [0.3, 0.4) is 0 Å². The third-order valence-electron chi connectivity index (χ3n) is 8.60. The predicted molar refractivity (Wildman–Crippen MR) is 116 cm³/mol. The van der Waals surface area contributed by atoms with Crippen LogP contribution in [-0.4, -0.2) is 26.7 Å². The number of nitrogens with zero attached hydrogens (tertiary/aromatic N) is 1. The molecule has 1 aliphatic heterocycles. The van der Waals surface area contributed by atoms with Crippen molar-refractivity contribution in [1.82, 2.24) is 0 Å². The van der Waals surface area contributed by atoms with Crippen LogP contribution in [0.1, 0.15) is 27.2 Å². The number of hydrogen-bond donors (Lipinski definition) is 0. The van der Waals surface area contributed by atoms with Crippen molar-refractivity contribution in [3.8, 4) is 0 Å². The lowest BCUT2D eigenvalue weighted by Gasteiger charge is -2.36. The van der Waals surface area contributed by atoms with Crippen molar-refractivity contribution >= 4 is 25.8 Å². The summed E-state index contributed by atoms with van der Waals surface area (Å²) in [6.45, 7) is 12.2. The average Bonchev–Trinajstić information content (AvgIpc) is 3.08. The van der Waals surface area contributed by atoms with Gasteiger partial charge in [0, 0.05) is 6.61 Å². The number of carbonyl (C=O) groups is 2. The minimum Gasteiger partial charge on any atom is -0.417 e. The molecule has 2 amide bonds. The van der Waals surface area contributed by atoms with Gasteiger partial charge in [0.1, 0.15) is 0 Å². The van der Waals surface area contributed by atoms with Crippen LogP contribution in [0, 0.1) is 35.0 Å². The second-order valence-corrected chi connectivity index (χ2v) is 15.7. The zero-order valence-corrected chi connectivity index (χ0v) is 19.0. The monoisotopic (exact) mass is 409 g/mol. The van der Waals surface area contributed by atoms with E-state index in [1.54, 1.807) is 0 Å². The fourth-order valence-corrected chi connectivity index (χ4v) is 7.00. The Bertz CT molecular complexity index is 868. The van der Waals surface area contributed by atoms with Gasteiger partial charge in [-0.2, -0.15) is 0 Å². The standard InChI is InChI=1S/C24H31NO3Si/c1-23(2,3)29(4,5)28-14-15-13-24(15)17-11-12-18(24)20-19(17)21(26)25(22(20)27)16-9-7-6-8-10-16/h6-12,15,17-20H,13-14H2,1-5H3/t15-,17-,18+,19+,20-,24?/m1/s1. The summed E-state index contributed by atoms with van der Waals surface area (Å²) in [5.74, 6) is 0.479. The van der Waals surface area contributed by atoms with E-state index in [0.29, 0.717) is 11.6 Å². The number of carbonyl (C=O) groups excluding carboxylic acids is 2. The fourth-order valence-electron chi connectivity index (χ4n) is 5.95. The van der Waals surface area contributed by atoms with Gasteiger partial charge in [0.25, 0.3) is 0 Å². The molecule has 1 heterocycles. The van der Waals surface area contributed by atoms with Gasteiger partial charge in [-0.05, 0) is 59.9 Å². The van der Waals surface area contributed by atoms with Gasteiger partial charge in [0.15, 0.2) is 8.32 Å². The summed E-state index contributed by atoms with van der Waals surface area (Å²) in [5, 5.41) is 0.195. The molecular formula is C24H31NO3Si. The summed E-state index contributed by atoms with van der Waals surface area (Å²) in [6, 6.07) is 9.39. The van der Waals surface area contributed by atoms with Gasteiger partial charge in [-0.1, -0.05) is 51.1 Å². The highest BCUT2D eigenvalue weighted by atomic mass is 28.4. The van der Waals surface area contributed by atoms with Crippen LogP contribution in [0.2, 0.25) is 18.1 Å². The first-order valence-electron chi connectivity index (χ1n) is 10.8. The summed E-state index contributed by atoms with van der Waals surface area (Å²) < 4.78 is 6.53. The molecule has 1 aromatic carbocycles. The summed E-state index contributed by atoms with van der Waals surface area (Å²) in [7, 11) is -1.79. The van der Waals surface area contributed by atoms with Crippen molar-refractivity contribution < 1.29 is 14.0 Å². The Balaban J connectivity index is 1.36. The van der Waals surface area contributed by atoms with Crippen LogP contribution in [0.25, 0.3) is 0 Å². The third kappa shape index (κ3) is 2.46. The first-order valence-corrected chi connectivity index (χ1v) is 13.8. The van der Waals surface area contributed by atoms with Crippen molar-refractivity contribution in [2.24, 2.45) is 35.0 Å². The number of hydrogen-bond acceptors (Lipinski definition) is 3. The van der Waals surface area contributed by atoms with Gasteiger partial charge in [-0.3, -0.25) is 14.5 Å². The maximum atomic E-state index is 13.3. The van der Waals surface area contributed by atoms with Crippen LogP contribution in [-0.2, 0) is 14.0 Å². The van der Waals surface area contributed by atoms with Gasteiger partial charge >= 0.3 is 0 Å². The molecule has 1 aromatic rings. The Morgan fingerprint density at radius 3 is 2.10 bits per heavy atom. The number of rotatable bonds is 4. The molecule has 1 spiro atoms.